The molecule has 0 spiro atoms. The molecule has 0 N–H and O–H groups in total. The lowest BCUT2D eigenvalue weighted by atomic mass is 9.98. The molecule has 10 aromatic rings. The lowest BCUT2D eigenvalue weighted by molar-refractivity contribution is 0.672. The Morgan fingerprint density at radius 1 is 0.429 bits per heavy atom. The largest absolute Gasteiger partial charge is 0.455 e. The predicted molar refractivity (Wildman–Crippen MR) is 210 cm³/mol. The molecule has 230 valence electrons. The fourth-order valence-electron chi connectivity index (χ4n) is 7.41. The Labute approximate surface area is 287 Å². The van der Waals surface area contributed by atoms with Crippen molar-refractivity contribution in [3.05, 3.63) is 176 Å². The normalized spacial score (nSPS) is 11.7. The van der Waals surface area contributed by atoms with E-state index in [1.54, 1.807) is 0 Å². The SMILES string of the molecule is c1ccc(-c2ccc(N(c3cccc(-c4cccc5sc6ccccc6c45)c3)c3cccc4oc5c6ccccc6ccc5c34)cc2)cc1. The Bertz CT molecular complexity index is 2830. The molecule has 49 heavy (non-hydrogen) atoms. The maximum atomic E-state index is 6.65. The second-order valence-corrected chi connectivity index (χ2v) is 13.6. The van der Waals surface area contributed by atoms with E-state index in [0.717, 1.165) is 44.4 Å². The van der Waals surface area contributed by atoms with Gasteiger partial charge in [0.2, 0.25) is 0 Å². The van der Waals surface area contributed by atoms with Crippen LogP contribution in [0.25, 0.3) is 75.1 Å². The molecule has 0 aliphatic rings. The number of hydrogen-bond donors (Lipinski definition) is 0. The maximum Gasteiger partial charge on any atom is 0.143 e. The van der Waals surface area contributed by atoms with Crippen molar-refractivity contribution in [2.45, 2.75) is 0 Å². The second kappa shape index (κ2) is 11.2. The molecule has 0 bridgehead atoms. The first-order valence-electron chi connectivity index (χ1n) is 16.6. The van der Waals surface area contributed by atoms with Crippen molar-refractivity contribution in [3.63, 3.8) is 0 Å². The number of anilines is 3. The van der Waals surface area contributed by atoms with Crippen molar-refractivity contribution < 1.29 is 4.42 Å². The minimum Gasteiger partial charge on any atom is -0.455 e. The lowest BCUT2D eigenvalue weighted by Gasteiger charge is -2.27. The van der Waals surface area contributed by atoms with E-state index in [2.05, 4.69) is 181 Å². The van der Waals surface area contributed by atoms with Gasteiger partial charge >= 0.3 is 0 Å². The van der Waals surface area contributed by atoms with Gasteiger partial charge in [-0.2, -0.15) is 0 Å². The van der Waals surface area contributed by atoms with Gasteiger partial charge in [-0.15, -0.1) is 11.3 Å². The fraction of sp³-hybridized carbons (Fsp3) is 0. The molecule has 10 rings (SSSR count). The summed E-state index contributed by atoms with van der Waals surface area (Å²) in [5, 5.41) is 7.13. The summed E-state index contributed by atoms with van der Waals surface area (Å²) in [5.41, 5.74) is 9.87. The molecule has 0 amide bonds. The summed E-state index contributed by atoms with van der Waals surface area (Å²) in [5.74, 6) is 0. The molecule has 0 aliphatic carbocycles. The summed E-state index contributed by atoms with van der Waals surface area (Å²) in [7, 11) is 0. The third-order valence-corrected chi connectivity index (χ3v) is 10.8. The number of nitrogens with zero attached hydrogens (tertiary/aromatic N) is 1. The molecule has 3 heteroatoms. The fourth-order valence-corrected chi connectivity index (χ4v) is 8.54. The molecule has 0 saturated carbocycles. The minimum atomic E-state index is 0.875. The summed E-state index contributed by atoms with van der Waals surface area (Å²) in [6.07, 6.45) is 0. The summed E-state index contributed by atoms with van der Waals surface area (Å²) in [6, 6.07) is 63.2. The van der Waals surface area contributed by atoms with Crippen LogP contribution in [-0.2, 0) is 0 Å². The van der Waals surface area contributed by atoms with E-state index in [9.17, 15) is 0 Å². The van der Waals surface area contributed by atoms with E-state index in [1.807, 2.05) is 11.3 Å². The molecule has 0 radical (unpaired) electrons. The van der Waals surface area contributed by atoms with Crippen molar-refractivity contribution in [2.24, 2.45) is 0 Å². The topological polar surface area (TPSA) is 16.4 Å². The van der Waals surface area contributed by atoms with Gasteiger partial charge in [-0.05, 0) is 82.2 Å². The number of furan rings is 1. The van der Waals surface area contributed by atoms with Crippen LogP contribution < -0.4 is 4.90 Å². The van der Waals surface area contributed by atoms with E-state index >= 15 is 0 Å². The van der Waals surface area contributed by atoms with E-state index in [1.165, 1.54) is 47.8 Å². The molecular weight excluding hydrogens is 615 g/mol. The van der Waals surface area contributed by atoms with Gasteiger partial charge < -0.3 is 9.32 Å². The highest BCUT2D eigenvalue weighted by Crippen LogP contribution is 2.46. The lowest BCUT2D eigenvalue weighted by Crippen LogP contribution is -2.10. The number of rotatable bonds is 5. The third-order valence-electron chi connectivity index (χ3n) is 9.66. The predicted octanol–water partition coefficient (Wildman–Crippen LogP) is 13.9. The van der Waals surface area contributed by atoms with Crippen molar-refractivity contribution in [1.82, 2.24) is 0 Å². The van der Waals surface area contributed by atoms with Crippen LogP contribution in [0.1, 0.15) is 0 Å². The van der Waals surface area contributed by atoms with Gasteiger partial charge in [0.1, 0.15) is 11.2 Å². The van der Waals surface area contributed by atoms with Crippen LogP contribution in [0.3, 0.4) is 0 Å². The van der Waals surface area contributed by atoms with Crippen LogP contribution in [-0.4, -0.2) is 0 Å². The Kier molecular flexibility index (Phi) is 6.39. The first kappa shape index (κ1) is 27.9. The van der Waals surface area contributed by atoms with Crippen LogP contribution in [0.5, 0.6) is 0 Å². The summed E-state index contributed by atoms with van der Waals surface area (Å²) < 4.78 is 9.27. The van der Waals surface area contributed by atoms with Crippen molar-refractivity contribution in [1.29, 1.82) is 0 Å². The van der Waals surface area contributed by atoms with E-state index in [0.29, 0.717) is 0 Å². The molecule has 0 fully saturated rings. The minimum absolute atomic E-state index is 0.875. The van der Waals surface area contributed by atoms with Gasteiger partial charge in [0.15, 0.2) is 0 Å². The quantitative estimate of drug-likeness (QED) is 0.186. The zero-order valence-electron chi connectivity index (χ0n) is 26.5. The van der Waals surface area contributed by atoms with Gasteiger partial charge in [-0.1, -0.05) is 121 Å². The molecule has 2 aromatic heterocycles. The number of thiophene rings is 1. The van der Waals surface area contributed by atoms with Gasteiger partial charge in [0.05, 0.1) is 11.1 Å². The molecule has 8 aromatic carbocycles. The van der Waals surface area contributed by atoms with E-state index in [-0.39, 0.29) is 0 Å². The van der Waals surface area contributed by atoms with Gasteiger partial charge in [-0.3, -0.25) is 0 Å². The van der Waals surface area contributed by atoms with Crippen LogP contribution in [0, 0.1) is 0 Å². The van der Waals surface area contributed by atoms with Crippen LogP contribution in [0.2, 0.25) is 0 Å². The average Bonchev–Trinajstić information content (AvgIpc) is 3.75. The standard InChI is InChI=1S/C46H29NOS/c1-2-11-30(12-3-1)31-23-26-34(27-24-31)47(40-19-10-20-41-45(40)39-28-25-32-13-4-5-16-37(32)46(39)48-41)35-15-8-14-33(29-35)36-18-9-22-43-44(36)38-17-6-7-21-42(38)49-43/h1-29H. The molecule has 2 nitrogen and oxygen atoms in total. The highest BCUT2D eigenvalue weighted by molar-refractivity contribution is 7.25. The van der Waals surface area contributed by atoms with Gasteiger partial charge in [-0.25, -0.2) is 0 Å². The molecule has 2 heterocycles. The van der Waals surface area contributed by atoms with Crippen molar-refractivity contribution in [2.75, 3.05) is 4.90 Å². The van der Waals surface area contributed by atoms with E-state index < -0.39 is 0 Å². The highest BCUT2D eigenvalue weighted by atomic mass is 32.1. The Hall–Kier alpha value is -6.16. The molecule has 0 atom stereocenters. The monoisotopic (exact) mass is 643 g/mol. The van der Waals surface area contributed by atoms with Crippen LogP contribution in [0.4, 0.5) is 17.1 Å². The van der Waals surface area contributed by atoms with Crippen molar-refractivity contribution >= 4 is 81.3 Å². The summed E-state index contributed by atoms with van der Waals surface area (Å²) in [4.78, 5) is 2.39. The zero-order valence-corrected chi connectivity index (χ0v) is 27.3. The molecular formula is C46H29NOS. The average molecular weight is 644 g/mol. The number of hydrogen-bond acceptors (Lipinski definition) is 3. The third kappa shape index (κ3) is 4.55. The Morgan fingerprint density at radius 2 is 1.14 bits per heavy atom. The molecule has 0 saturated heterocycles. The number of benzene rings is 8. The Balaban J connectivity index is 1.21. The zero-order chi connectivity index (χ0) is 32.3. The Morgan fingerprint density at radius 3 is 2.04 bits per heavy atom. The molecule has 0 aliphatic heterocycles. The first-order chi connectivity index (χ1) is 24.3. The number of fused-ring (bicyclic) bond motifs is 8. The smallest absolute Gasteiger partial charge is 0.143 e. The van der Waals surface area contributed by atoms with Gasteiger partial charge in [0.25, 0.3) is 0 Å². The van der Waals surface area contributed by atoms with E-state index in [4.69, 9.17) is 4.42 Å². The summed E-state index contributed by atoms with van der Waals surface area (Å²) in [6.45, 7) is 0. The van der Waals surface area contributed by atoms with Crippen LogP contribution >= 0.6 is 11.3 Å². The van der Waals surface area contributed by atoms with Crippen LogP contribution in [0.15, 0.2) is 180 Å². The highest BCUT2D eigenvalue weighted by Gasteiger charge is 2.21. The van der Waals surface area contributed by atoms with Gasteiger partial charge in [0, 0.05) is 42.3 Å². The molecule has 0 unspecified atom stereocenters. The first-order valence-corrected chi connectivity index (χ1v) is 17.4. The summed E-state index contributed by atoms with van der Waals surface area (Å²) >= 11 is 1.86. The maximum absolute atomic E-state index is 6.65. The second-order valence-electron chi connectivity index (χ2n) is 12.5. The van der Waals surface area contributed by atoms with Crippen molar-refractivity contribution in [3.8, 4) is 22.3 Å².